The molecule has 2 aromatic rings. The van der Waals surface area contributed by atoms with Crippen molar-refractivity contribution in [1.29, 1.82) is 0 Å². The molecule has 0 bridgehead atoms. The molecule has 6 rings (SSSR count). The summed E-state index contributed by atoms with van der Waals surface area (Å²) in [6, 6.07) is 2.75. The van der Waals surface area contributed by atoms with Gasteiger partial charge in [-0.25, -0.2) is 4.98 Å². The van der Waals surface area contributed by atoms with Crippen molar-refractivity contribution < 1.29 is 4.74 Å². The van der Waals surface area contributed by atoms with E-state index in [4.69, 9.17) is 14.7 Å². The van der Waals surface area contributed by atoms with Gasteiger partial charge >= 0.3 is 0 Å². The Labute approximate surface area is 190 Å². The molecule has 0 radical (unpaired) electrons. The van der Waals surface area contributed by atoms with Crippen LogP contribution in [-0.4, -0.2) is 73.4 Å². The molecule has 4 aliphatic rings. The number of hydrogen-bond donors (Lipinski definition) is 0. The van der Waals surface area contributed by atoms with Crippen molar-refractivity contribution in [1.82, 2.24) is 14.9 Å². The molecule has 4 fully saturated rings. The van der Waals surface area contributed by atoms with Gasteiger partial charge in [-0.2, -0.15) is 4.98 Å². The van der Waals surface area contributed by atoms with Crippen LogP contribution in [0.25, 0.3) is 10.2 Å². The molecule has 1 spiro atoms. The molecule has 1 aliphatic carbocycles. The summed E-state index contributed by atoms with van der Waals surface area (Å²) in [4.78, 5) is 17.8. The van der Waals surface area contributed by atoms with Crippen LogP contribution in [-0.2, 0) is 4.74 Å². The Morgan fingerprint density at radius 3 is 2.63 bits per heavy atom. The van der Waals surface area contributed by atoms with Crippen LogP contribution in [0, 0.1) is 5.41 Å². The maximum absolute atomic E-state index is 5.59. The van der Waals surface area contributed by atoms with Gasteiger partial charge in [0.25, 0.3) is 0 Å². The summed E-state index contributed by atoms with van der Waals surface area (Å²) in [6.45, 7) is 8.26. The predicted octanol–water partition coefficient (Wildman–Crippen LogP) is 4.14. The number of aromatic nitrogens is 2. The third-order valence-electron chi connectivity index (χ3n) is 7.57. The summed E-state index contributed by atoms with van der Waals surface area (Å²) in [6.07, 6.45) is 7.96. The third kappa shape index (κ3) is 3.53. The van der Waals surface area contributed by atoms with Crippen LogP contribution in [0.4, 0.5) is 11.8 Å². The monoisotopic (exact) mass is 491 g/mol. The number of anilines is 2. The van der Waals surface area contributed by atoms with E-state index >= 15 is 0 Å². The number of rotatable bonds is 3. The molecule has 0 amide bonds. The fourth-order valence-corrected chi connectivity index (χ4v) is 7.22. The predicted molar refractivity (Wildman–Crippen MR) is 126 cm³/mol. The molecule has 8 heteroatoms. The average molecular weight is 492 g/mol. The molecule has 0 N–H and O–H groups in total. The fourth-order valence-electron chi connectivity index (χ4n) is 5.68. The van der Waals surface area contributed by atoms with E-state index in [2.05, 4.69) is 36.7 Å². The lowest BCUT2D eigenvalue weighted by molar-refractivity contribution is 0.0168. The van der Waals surface area contributed by atoms with Gasteiger partial charge in [0.2, 0.25) is 5.95 Å². The minimum absolute atomic E-state index is 0.579. The van der Waals surface area contributed by atoms with E-state index in [0.717, 1.165) is 60.5 Å². The Morgan fingerprint density at radius 2 is 1.87 bits per heavy atom. The van der Waals surface area contributed by atoms with Crippen LogP contribution in [0.1, 0.15) is 38.5 Å². The first-order chi connectivity index (χ1) is 14.7. The molecule has 5 heterocycles. The molecule has 6 nitrogen and oxygen atoms in total. The lowest BCUT2D eigenvalue weighted by Gasteiger charge is -2.56. The number of hydrogen-bond acceptors (Lipinski definition) is 7. The van der Waals surface area contributed by atoms with Crippen LogP contribution in [0.2, 0.25) is 0 Å². The summed E-state index contributed by atoms with van der Waals surface area (Å²) < 4.78 is 7.97. The van der Waals surface area contributed by atoms with E-state index in [1.54, 1.807) is 11.3 Å². The highest BCUT2D eigenvalue weighted by Crippen LogP contribution is 2.50. The maximum Gasteiger partial charge on any atom is 0.228 e. The summed E-state index contributed by atoms with van der Waals surface area (Å²) in [5.74, 6) is 2.09. The number of thiophene rings is 1. The third-order valence-corrected chi connectivity index (χ3v) is 9.19. The minimum atomic E-state index is 0.579. The van der Waals surface area contributed by atoms with Crippen molar-refractivity contribution in [3.63, 3.8) is 0 Å². The lowest BCUT2D eigenvalue weighted by atomic mass is 9.63. The Balaban J connectivity index is 1.30. The first-order valence-electron chi connectivity index (χ1n) is 11.5. The van der Waals surface area contributed by atoms with Crippen molar-refractivity contribution >= 4 is 49.2 Å². The highest BCUT2D eigenvalue weighted by molar-refractivity contribution is 9.11. The van der Waals surface area contributed by atoms with Crippen LogP contribution < -0.4 is 9.80 Å². The van der Waals surface area contributed by atoms with Gasteiger partial charge in [0, 0.05) is 50.7 Å². The number of ether oxygens (including phenoxy) is 1. The van der Waals surface area contributed by atoms with E-state index < -0.39 is 0 Å². The van der Waals surface area contributed by atoms with Crippen molar-refractivity contribution in [2.45, 2.75) is 44.6 Å². The zero-order valence-corrected chi connectivity index (χ0v) is 19.9. The molecule has 162 valence electrons. The maximum atomic E-state index is 5.59. The van der Waals surface area contributed by atoms with Crippen LogP contribution in [0.15, 0.2) is 9.85 Å². The van der Waals surface area contributed by atoms with E-state index in [0.29, 0.717) is 11.5 Å². The molecule has 3 saturated heterocycles. The Hall–Kier alpha value is -0.960. The smallest absolute Gasteiger partial charge is 0.228 e. The van der Waals surface area contributed by atoms with Crippen LogP contribution in [0.5, 0.6) is 0 Å². The molecule has 30 heavy (non-hydrogen) atoms. The van der Waals surface area contributed by atoms with Gasteiger partial charge in [-0.1, -0.05) is 12.8 Å². The zero-order valence-electron chi connectivity index (χ0n) is 17.5. The zero-order chi connectivity index (χ0) is 20.1. The molecule has 0 aromatic carbocycles. The Morgan fingerprint density at radius 1 is 1.03 bits per heavy atom. The number of halogens is 1. The van der Waals surface area contributed by atoms with Crippen molar-refractivity contribution in [2.24, 2.45) is 5.41 Å². The molecule has 2 aromatic heterocycles. The Bertz CT molecular complexity index is 918. The average Bonchev–Trinajstić information content (AvgIpc) is 2.91. The number of nitrogens with zero attached hydrogens (tertiary/aromatic N) is 5. The van der Waals surface area contributed by atoms with E-state index in [1.807, 2.05) is 0 Å². The molecule has 3 aliphatic heterocycles. The van der Waals surface area contributed by atoms with Crippen molar-refractivity contribution in [3.8, 4) is 0 Å². The Kier molecular flexibility index (Phi) is 5.17. The molecule has 0 unspecified atom stereocenters. The number of morpholine rings is 1. The lowest BCUT2D eigenvalue weighted by Crippen LogP contribution is -2.60. The summed E-state index contributed by atoms with van der Waals surface area (Å²) in [5, 5.41) is 0. The topological polar surface area (TPSA) is 44.7 Å². The molecule has 1 atom stereocenters. The van der Waals surface area contributed by atoms with E-state index in [9.17, 15) is 0 Å². The summed E-state index contributed by atoms with van der Waals surface area (Å²) in [7, 11) is 0. The summed E-state index contributed by atoms with van der Waals surface area (Å²) >= 11 is 5.46. The first kappa shape index (κ1) is 19.7. The molecular formula is C22H30BrN5OS. The van der Waals surface area contributed by atoms with Crippen LogP contribution in [0.3, 0.4) is 0 Å². The highest BCUT2D eigenvalue weighted by atomic mass is 79.9. The second-order valence-corrected chi connectivity index (χ2v) is 12.0. The highest BCUT2D eigenvalue weighted by Gasteiger charge is 2.48. The molecular weight excluding hydrogens is 462 g/mol. The SMILES string of the molecule is Brc1cc2nc(N3CCCC[C@H](N4CCOCC4)C3)nc(N3CC4(CCC4)C3)c2s1. The second kappa shape index (κ2) is 7.87. The van der Waals surface area contributed by atoms with Gasteiger partial charge in [0.15, 0.2) is 5.82 Å². The van der Waals surface area contributed by atoms with Gasteiger partial charge in [-0.15, -0.1) is 11.3 Å². The standard InChI is InChI=1S/C22H30BrN5OS/c23-18-12-17-19(30-18)20(28-14-22(15-28)5-3-6-22)25-21(24-17)27-7-2-1-4-16(13-27)26-8-10-29-11-9-26/h12,16H,1-11,13-15H2/t16-/m0/s1. The minimum Gasteiger partial charge on any atom is -0.379 e. The van der Waals surface area contributed by atoms with Gasteiger partial charge in [0.1, 0.15) is 0 Å². The van der Waals surface area contributed by atoms with Gasteiger partial charge in [-0.3, -0.25) is 4.90 Å². The largest absolute Gasteiger partial charge is 0.379 e. The van der Waals surface area contributed by atoms with Crippen molar-refractivity contribution in [3.05, 3.63) is 9.85 Å². The van der Waals surface area contributed by atoms with E-state index in [1.165, 1.54) is 56.3 Å². The normalized spacial score (nSPS) is 27.2. The number of fused-ring (bicyclic) bond motifs is 1. The van der Waals surface area contributed by atoms with Gasteiger partial charge in [0.05, 0.1) is 27.2 Å². The molecule has 1 saturated carbocycles. The quantitative estimate of drug-likeness (QED) is 0.642. The second-order valence-electron chi connectivity index (χ2n) is 9.57. The first-order valence-corrected chi connectivity index (χ1v) is 13.1. The van der Waals surface area contributed by atoms with Crippen molar-refractivity contribution in [2.75, 3.05) is 62.3 Å². The van der Waals surface area contributed by atoms with Gasteiger partial charge < -0.3 is 14.5 Å². The fraction of sp³-hybridized carbons (Fsp3) is 0.727. The van der Waals surface area contributed by atoms with Crippen LogP contribution >= 0.6 is 27.3 Å². The van der Waals surface area contributed by atoms with E-state index in [-0.39, 0.29) is 0 Å². The summed E-state index contributed by atoms with van der Waals surface area (Å²) in [5.41, 5.74) is 1.68. The van der Waals surface area contributed by atoms with Gasteiger partial charge in [-0.05, 0) is 47.7 Å².